The third-order valence-electron chi connectivity index (χ3n) is 2.81. The molecule has 18 heavy (non-hydrogen) atoms. The summed E-state index contributed by atoms with van der Waals surface area (Å²) in [7, 11) is 0. The maximum atomic E-state index is 11.4. The van der Waals surface area contributed by atoms with Gasteiger partial charge in [-0.25, -0.2) is 0 Å². The summed E-state index contributed by atoms with van der Waals surface area (Å²) in [6.07, 6.45) is 2.62. The predicted octanol–water partition coefficient (Wildman–Crippen LogP) is 2.17. The van der Waals surface area contributed by atoms with E-state index < -0.39 is 0 Å². The first kappa shape index (κ1) is 13.4. The lowest BCUT2D eigenvalue weighted by molar-refractivity contribution is -0.118. The molecule has 1 aliphatic rings. The van der Waals surface area contributed by atoms with Crippen molar-refractivity contribution in [2.24, 2.45) is 0 Å². The topological polar surface area (TPSA) is 41.1 Å². The van der Waals surface area contributed by atoms with Gasteiger partial charge in [0.2, 0.25) is 5.91 Å². The van der Waals surface area contributed by atoms with E-state index in [0.717, 1.165) is 17.5 Å². The summed E-state index contributed by atoms with van der Waals surface area (Å²) >= 11 is 1.59. The van der Waals surface area contributed by atoms with Gasteiger partial charge in [0.15, 0.2) is 0 Å². The van der Waals surface area contributed by atoms with E-state index in [0.29, 0.717) is 12.3 Å². The van der Waals surface area contributed by atoms with Gasteiger partial charge in [0.05, 0.1) is 5.75 Å². The van der Waals surface area contributed by atoms with E-state index in [1.54, 1.807) is 11.8 Å². The van der Waals surface area contributed by atoms with Gasteiger partial charge < -0.3 is 10.6 Å². The number of amides is 1. The molecule has 1 fully saturated rings. The van der Waals surface area contributed by atoms with E-state index in [4.69, 9.17) is 0 Å². The second-order valence-corrected chi connectivity index (χ2v) is 5.59. The molecule has 1 saturated carbocycles. The van der Waals surface area contributed by atoms with Gasteiger partial charge in [0.25, 0.3) is 0 Å². The van der Waals surface area contributed by atoms with E-state index in [9.17, 15) is 4.79 Å². The van der Waals surface area contributed by atoms with Crippen molar-refractivity contribution in [2.45, 2.75) is 37.2 Å². The smallest absolute Gasteiger partial charge is 0.230 e. The van der Waals surface area contributed by atoms with E-state index in [1.807, 2.05) is 6.92 Å². The molecule has 2 N–H and O–H groups in total. The average molecular weight is 264 g/mol. The Labute approximate surface area is 113 Å². The van der Waals surface area contributed by atoms with Crippen LogP contribution < -0.4 is 10.6 Å². The van der Waals surface area contributed by atoms with E-state index >= 15 is 0 Å². The van der Waals surface area contributed by atoms with Crippen LogP contribution in [0.5, 0.6) is 0 Å². The molecule has 3 nitrogen and oxygen atoms in total. The summed E-state index contributed by atoms with van der Waals surface area (Å²) in [5, 5.41) is 6.30. The van der Waals surface area contributed by atoms with Crippen LogP contribution in [0.25, 0.3) is 0 Å². The zero-order valence-electron chi connectivity index (χ0n) is 10.7. The fourth-order valence-corrected chi connectivity index (χ4v) is 2.50. The normalized spacial score (nSPS) is 14.5. The van der Waals surface area contributed by atoms with Crippen LogP contribution >= 0.6 is 11.8 Å². The Kier molecular flexibility index (Phi) is 5.08. The van der Waals surface area contributed by atoms with Crippen LogP contribution in [-0.2, 0) is 11.3 Å². The Morgan fingerprint density at radius 1 is 1.44 bits per heavy atom. The number of hydrogen-bond acceptors (Lipinski definition) is 3. The monoisotopic (exact) mass is 264 g/mol. The highest BCUT2D eigenvalue weighted by molar-refractivity contribution is 8.00. The Morgan fingerprint density at radius 2 is 2.28 bits per heavy atom. The van der Waals surface area contributed by atoms with Crippen LogP contribution in [0.2, 0.25) is 0 Å². The summed E-state index contributed by atoms with van der Waals surface area (Å²) in [4.78, 5) is 12.5. The molecule has 0 saturated heterocycles. The predicted molar refractivity (Wildman–Crippen MR) is 75.7 cm³/mol. The molecule has 0 aromatic heterocycles. The fourth-order valence-electron chi connectivity index (χ4n) is 1.69. The molecule has 0 radical (unpaired) electrons. The number of carbonyl (C=O) groups is 1. The van der Waals surface area contributed by atoms with Crippen molar-refractivity contribution >= 4 is 17.7 Å². The minimum absolute atomic E-state index is 0.101. The number of carbonyl (C=O) groups excluding carboxylic acids is 1. The van der Waals surface area contributed by atoms with Crippen LogP contribution in [0.15, 0.2) is 29.2 Å². The van der Waals surface area contributed by atoms with Crippen LogP contribution in [0, 0.1) is 0 Å². The molecular formula is C14H20N2OS. The molecular weight excluding hydrogens is 244 g/mol. The summed E-state index contributed by atoms with van der Waals surface area (Å²) < 4.78 is 0. The van der Waals surface area contributed by atoms with Crippen LogP contribution in [-0.4, -0.2) is 24.2 Å². The standard InChI is InChI=1S/C14H20N2OS/c1-2-15-14(17)10-18-13-5-3-4-11(8-13)9-16-12-6-7-12/h3-5,8,12,16H,2,6-7,9-10H2,1H3,(H,15,17). The minimum atomic E-state index is 0.101. The number of rotatable bonds is 7. The molecule has 0 atom stereocenters. The lowest BCUT2D eigenvalue weighted by atomic mass is 10.2. The Morgan fingerprint density at radius 3 is 3.00 bits per heavy atom. The molecule has 0 bridgehead atoms. The van der Waals surface area contributed by atoms with Crippen molar-refractivity contribution in [3.8, 4) is 0 Å². The quantitative estimate of drug-likeness (QED) is 0.742. The second-order valence-electron chi connectivity index (χ2n) is 4.54. The van der Waals surface area contributed by atoms with Gasteiger partial charge in [0, 0.05) is 24.0 Å². The molecule has 0 aliphatic heterocycles. The molecule has 98 valence electrons. The van der Waals surface area contributed by atoms with Crippen molar-refractivity contribution in [3.05, 3.63) is 29.8 Å². The number of hydrogen-bond donors (Lipinski definition) is 2. The highest BCUT2D eigenvalue weighted by Gasteiger charge is 2.19. The van der Waals surface area contributed by atoms with E-state index in [2.05, 4.69) is 34.9 Å². The Bertz CT molecular complexity index is 405. The van der Waals surface area contributed by atoms with Crippen molar-refractivity contribution in [2.75, 3.05) is 12.3 Å². The first-order valence-corrected chi connectivity index (χ1v) is 7.48. The third-order valence-corrected chi connectivity index (χ3v) is 3.81. The molecule has 1 aromatic rings. The lowest BCUT2D eigenvalue weighted by Gasteiger charge is -2.06. The highest BCUT2D eigenvalue weighted by atomic mass is 32.2. The third kappa shape index (κ3) is 4.70. The zero-order chi connectivity index (χ0) is 12.8. The molecule has 1 aliphatic carbocycles. The largest absolute Gasteiger partial charge is 0.356 e. The maximum absolute atomic E-state index is 11.4. The molecule has 1 aromatic carbocycles. The van der Waals surface area contributed by atoms with E-state index in [1.165, 1.54) is 18.4 Å². The average Bonchev–Trinajstić information content (AvgIpc) is 3.19. The Balaban J connectivity index is 1.80. The van der Waals surface area contributed by atoms with Crippen LogP contribution in [0.4, 0.5) is 0 Å². The Hall–Kier alpha value is -1.00. The number of thioether (sulfide) groups is 1. The second kappa shape index (κ2) is 6.81. The van der Waals surface area contributed by atoms with Crippen molar-refractivity contribution in [1.82, 2.24) is 10.6 Å². The van der Waals surface area contributed by atoms with Gasteiger partial charge in [-0.05, 0) is 37.5 Å². The lowest BCUT2D eigenvalue weighted by Crippen LogP contribution is -2.24. The summed E-state index contributed by atoms with van der Waals surface area (Å²) in [6.45, 7) is 3.57. The van der Waals surface area contributed by atoms with E-state index in [-0.39, 0.29) is 5.91 Å². The number of benzene rings is 1. The van der Waals surface area contributed by atoms with Gasteiger partial charge >= 0.3 is 0 Å². The van der Waals surface area contributed by atoms with Crippen molar-refractivity contribution in [3.63, 3.8) is 0 Å². The van der Waals surface area contributed by atoms with Gasteiger partial charge in [-0.2, -0.15) is 0 Å². The maximum Gasteiger partial charge on any atom is 0.230 e. The first-order chi connectivity index (χ1) is 8.78. The molecule has 1 amide bonds. The van der Waals surface area contributed by atoms with Crippen molar-refractivity contribution < 1.29 is 4.79 Å². The highest BCUT2D eigenvalue weighted by Crippen LogP contribution is 2.21. The summed E-state index contributed by atoms with van der Waals surface area (Å²) in [5.41, 5.74) is 1.29. The van der Waals surface area contributed by atoms with Gasteiger partial charge in [0.1, 0.15) is 0 Å². The molecule has 0 unspecified atom stereocenters. The first-order valence-electron chi connectivity index (χ1n) is 6.49. The molecule has 0 heterocycles. The van der Waals surface area contributed by atoms with Crippen molar-refractivity contribution in [1.29, 1.82) is 0 Å². The SMILES string of the molecule is CCNC(=O)CSc1cccc(CNC2CC2)c1. The van der Waals surface area contributed by atoms with Gasteiger partial charge in [-0.1, -0.05) is 12.1 Å². The summed E-state index contributed by atoms with van der Waals surface area (Å²) in [6, 6.07) is 9.15. The van der Waals surface area contributed by atoms with Crippen LogP contribution in [0.3, 0.4) is 0 Å². The molecule has 0 spiro atoms. The molecule has 4 heteroatoms. The fraction of sp³-hybridized carbons (Fsp3) is 0.500. The number of nitrogens with one attached hydrogen (secondary N) is 2. The van der Waals surface area contributed by atoms with Gasteiger partial charge in [-0.3, -0.25) is 4.79 Å². The summed E-state index contributed by atoms with van der Waals surface area (Å²) in [5.74, 6) is 0.594. The zero-order valence-corrected chi connectivity index (χ0v) is 11.6. The van der Waals surface area contributed by atoms with Gasteiger partial charge in [-0.15, -0.1) is 11.8 Å². The van der Waals surface area contributed by atoms with Crippen LogP contribution in [0.1, 0.15) is 25.3 Å². The minimum Gasteiger partial charge on any atom is -0.356 e. The molecule has 2 rings (SSSR count).